The van der Waals surface area contributed by atoms with E-state index < -0.39 is 0 Å². The Morgan fingerprint density at radius 3 is 3.22 bits per heavy atom. The molecular weight excluding hydrogens is 270 g/mol. The molecule has 3 atom stereocenters. The molecule has 0 spiro atoms. The third-order valence-electron chi connectivity index (χ3n) is 3.89. The van der Waals surface area contributed by atoms with Crippen LogP contribution < -0.4 is 11.3 Å². The Labute approximate surface area is 116 Å². The van der Waals surface area contributed by atoms with Crippen molar-refractivity contribution >= 4 is 22.9 Å². The van der Waals surface area contributed by atoms with Crippen LogP contribution in [0, 0.1) is 0 Å². The summed E-state index contributed by atoms with van der Waals surface area (Å²) in [6.45, 7) is 2.93. The molecule has 2 fully saturated rings. The van der Waals surface area contributed by atoms with Crippen molar-refractivity contribution in [1.82, 2.24) is 10.3 Å². The van der Waals surface area contributed by atoms with E-state index in [1.807, 2.05) is 11.4 Å². The van der Waals surface area contributed by atoms with Crippen LogP contribution in [-0.2, 0) is 4.74 Å². The standard InChI is InChI=1S/C12H18ClN3OS/c13-9-3-5-18-12(9)11(15-14)10-6-16-4-1-2-8(16)7-17-10/h3,5,8,10-11,15H,1-2,4,6-7,14H2. The van der Waals surface area contributed by atoms with E-state index in [4.69, 9.17) is 22.2 Å². The molecule has 2 aliphatic rings. The van der Waals surface area contributed by atoms with Crippen LogP contribution >= 0.6 is 22.9 Å². The third kappa shape index (κ3) is 2.31. The van der Waals surface area contributed by atoms with Crippen LogP contribution in [0.2, 0.25) is 5.02 Å². The smallest absolute Gasteiger partial charge is 0.0918 e. The summed E-state index contributed by atoms with van der Waals surface area (Å²) in [6.07, 6.45) is 2.62. The van der Waals surface area contributed by atoms with Crippen LogP contribution in [0.15, 0.2) is 11.4 Å². The number of nitrogens with zero attached hydrogens (tertiary/aromatic N) is 1. The number of fused-ring (bicyclic) bond motifs is 1. The van der Waals surface area contributed by atoms with Gasteiger partial charge in [-0.1, -0.05) is 11.6 Å². The Morgan fingerprint density at radius 1 is 1.61 bits per heavy atom. The van der Waals surface area contributed by atoms with Gasteiger partial charge in [0.15, 0.2) is 0 Å². The average Bonchev–Trinajstić information content (AvgIpc) is 2.99. The van der Waals surface area contributed by atoms with E-state index in [0.717, 1.165) is 23.1 Å². The first-order valence-electron chi connectivity index (χ1n) is 6.34. The summed E-state index contributed by atoms with van der Waals surface area (Å²) in [5.41, 5.74) is 2.87. The number of rotatable bonds is 3. The third-order valence-corrected chi connectivity index (χ3v) is 5.34. The van der Waals surface area contributed by atoms with Crippen molar-refractivity contribution in [2.45, 2.75) is 31.0 Å². The van der Waals surface area contributed by atoms with Gasteiger partial charge < -0.3 is 4.74 Å². The van der Waals surface area contributed by atoms with Crippen molar-refractivity contribution in [2.75, 3.05) is 19.7 Å². The second kappa shape index (κ2) is 5.45. The summed E-state index contributed by atoms with van der Waals surface area (Å²) in [7, 11) is 0. The second-order valence-electron chi connectivity index (χ2n) is 4.94. The zero-order valence-corrected chi connectivity index (χ0v) is 11.7. The van der Waals surface area contributed by atoms with Crippen molar-refractivity contribution < 1.29 is 4.74 Å². The van der Waals surface area contributed by atoms with Crippen LogP contribution in [-0.4, -0.2) is 36.7 Å². The fourth-order valence-electron chi connectivity index (χ4n) is 2.92. The number of halogens is 1. The number of nitrogens with one attached hydrogen (secondary N) is 1. The van der Waals surface area contributed by atoms with Crippen molar-refractivity contribution in [3.05, 3.63) is 21.3 Å². The van der Waals surface area contributed by atoms with Crippen molar-refractivity contribution in [1.29, 1.82) is 0 Å². The predicted octanol–water partition coefficient (Wildman–Crippen LogP) is 1.77. The summed E-state index contributed by atoms with van der Waals surface area (Å²) in [5.74, 6) is 5.70. The van der Waals surface area contributed by atoms with Gasteiger partial charge in [-0.2, -0.15) is 0 Å². The van der Waals surface area contributed by atoms with E-state index in [9.17, 15) is 0 Å². The van der Waals surface area contributed by atoms with E-state index in [-0.39, 0.29) is 12.1 Å². The normalized spacial score (nSPS) is 30.3. The molecule has 3 heterocycles. The Kier molecular flexibility index (Phi) is 3.89. The van der Waals surface area contributed by atoms with Gasteiger partial charge in [-0.15, -0.1) is 11.3 Å². The SMILES string of the molecule is NNC(c1sccc1Cl)C1CN2CCCC2CO1. The van der Waals surface area contributed by atoms with E-state index in [2.05, 4.69) is 10.3 Å². The molecule has 3 rings (SSSR count). The molecule has 1 aromatic rings. The second-order valence-corrected chi connectivity index (χ2v) is 6.29. The molecule has 0 bridgehead atoms. The van der Waals surface area contributed by atoms with Crippen LogP contribution in [0.3, 0.4) is 0 Å². The molecular formula is C12H18ClN3OS. The lowest BCUT2D eigenvalue weighted by molar-refractivity contribution is -0.0648. The Bertz CT molecular complexity index is 414. The monoisotopic (exact) mass is 287 g/mol. The lowest BCUT2D eigenvalue weighted by Crippen LogP contribution is -2.51. The zero-order chi connectivity index (χ0) is 12.5. The van der Waals surface area contributed by atoms with E-state index >= 15 is 0 Å². The van der Waals surface area contributed by atoms with Gasteiger partial charge in [-0.25, -0.2) is 5.43 Å². The molecule has 4 nitrogen and oxygen atoms in total. The average molecular weight is 288 g/mol. The lowest BCUT2D eigenvalue weighted by atomic mass is 10.1. The number of hydrazine groups is 1. The first-order valence-corrected chi connectivity index (χ1v) is 7.60. The molecule has 6 heteroatoms. The molecule has 0 aliphatic carbocycles. The van der Waals surface area contributed by atoms with E-state index in [1.165, 1.54) is 19.4 Å². The van der Waals surface area contributed by atoms with Gasteiger partial charge in [0.25, 0.3) is 0 Å². The molecule has 1 aromatic heterocycles. The fourth-order valence-corrected chi connectivity index (χ4v) is 4.21. The molecule has 3 unspecified atom stereocenters. The summed E-state index contributed by atoms with van der Waals surface area (Å²) < 4.78 is 5.99. The first-order chi connectivity index (χ1) is 8.79. The Hall–Kier alpha value is -0.170. The number of thiophene rings is 1. The molecule has 0 amide bonds. The minimum atomic E-state index is -0.0148. The predicted molar refractivity (Wildman–Crippen MR) is 73.7 cm³/mol. The molecule has 0 aromatic carbocycles. The topological polar surface area (TPSA) is 50.5 Å². The minimum Gasteiger partial charge on any atom is -0.373 e. The van der Waals surface area contributed by atoms with E-state index in [0.29, 0.717) is 6.04 Å². The number of hydrogen-bond donors (Lipinski definition) is 2. The molecule has 3 N–H and O–H groups in total. The molecule has 100 valence electrons. The molecule has 0 radical (unpaired) electrons. The minimum absolute atomic E-state index is 0.0148. The first kappa shape index (κ1) is 12.8. The van der Waals surface area contributed by atoms with Gasteiger partial charge in [0.05, 0.1) is 23.8 Å². The quantitative estimate of drug-likeness (QED) is 0.657. The summed E-state index contributed by atoms with van der Waals surface area (Å²) in [5, 5.41) is 2.76. The van der Waals surface area contributed by atoms with Gasteiger partial charge in [0, 0.05) is 17.5 Å². The number of hydrogen-bond acceptors (Lipinski definition) is 5. The van der Waals surface area contributed by atoms with Crippen molar-refractivity contribution in [3.8, 4) is 0 Å². The molecule has 0 saturated carbocycles. The highest BCUT2D eigenvalue weighted by Gasteiger charge is 2.36. The maximum Gasteiger partial charge on any atom is 0.0918 e. The van der Waals surface area contributed by atoms with Crippen LogP contribution in [0.4, 0.5) is 0 Å². The number of ether oxygens (including phenoxy) is 1. The van der Waals surface area contributed by atoms with Crippen molar-refractivity contribution in [3.63, 3.8) is 0 Å². The fraction of sp³-hybridized carbons (Fsp3) is 0.667. The Balaban J connectivity index is 1.74. The number of morpholine rings is 1. The largest absolute Gasteiger partial charge is 0.373 e. The summed E-state index contributed by atoms with van der Waals surface area (Å²) in [6, 6.07) is 2.51. The molecule has 2 saturated heterocycles. The van der Waals surface area contributed by atoms with Crippen molar-refractivity contribution in [2.24, 2.45) is 5.84 Å². The Morgan fingerprint density at radius 2 is 2.50 bits per heavy atom. The summed E-state index contributed by atoms with van der Waals surface area (Å²) >= 11 is 7.82. The van der Waals surface area contributed by atoms with Gasteiger partial charge in [0.1, 0.15) is 0 Å². The maximum atomic E-state index is 6.19. The summed E-state index contributed by atoms with van der Waals surface area (Å²) in [4.78, 5) is 3.59. The van der Waals surface area contributed by atoms with E-state index in [1.54, 1.807) is 11.3 Å². The highest BCUT2D eigenvalue weighted by atomic mass is 35.5. The van der Waals surface area contributed by atoms with Gasteiger partial charge in [-0.3, -0.25) is 10.7 Å². The highest BCUT2D eigenvalue weighted by molar-refractivity contribution is 7.10. The van der Waals surface area contributed by atoms with Crippen LogP contribution in [0.25, 0.3) is 0 Å². The van der Waals surface area contributed by atoms with Gasteiger partial charge in [0.2, 0.25) is 0 Å². The lowest BCUT2D eigenvalue weighted by Gasteiger charge is -2.38. The van der Waals surface area contributed by atoms with Crippen LogP contribution in [0.1, 0.15) is 23.8 Å². The van der Waals surface area contributed by atoms with Gasteiger partial charge >= 0.3 is 0 Å². The maximum absolute atomic E-state index is 6.19. The van der Waals surface area contributed by atoms with Crippen LogP contribution in [0.5, 0.6) is 0 Å². The number of nitrogens with two attached hydrogens (primary N) is 1. The molecule has 2 aliphatic heterocycles. The van der Waals surface area contributed by atoms with Gasteiger partial charge in [-0.05, 0) is 30.8 Å². The zero-order valence-electron chi connectivity index (χ0n) is 10.1. The molecule has 18 heavy (non-hydrogen) atoms. The highest BCUT2D eigenvalue weighted by Crippen LogP contribution is 2.34.